The number of benzene rings is 1. The fraction of sp³-hybridized carbons (Fsp3) is 0.250. The maximum atomic E-state index is 13.4. The molecule has 18 heavy (non-hydrogen) atoms. The Bertz CT molecular complexity index is 509. The van der Waals surface area contributed by atoms with Crippen LogP contribution in [0.5, 0.6) is 0 Å². The Morgan fingerprint density at radius 2 is 2.22 bits per heavy atom. The number of carbonyl (C=O) groups excluding carboxylic acids is 1. The summed E-state index contributed by atoms with van der Waals surface area (Å²) in [5.41, 5.74) is 5.54. The van der Waals surface area contributed by atoms with E-state index in [2.05, 4.69) is 0 Å². The van der Waals surface area contributed by atoms with Crippen LogP contribution in [0.4, 0.5) is 4.39 Å². The van der Waals surface area contributed by atoms with Gasteiger partial charge < -0.3 is 11.1 Å². The predicted octanol–water partition coefficient (Wildman–Crippen LogP) is 1.60. The first kappa shape index (κ1) is 16.2. The van der Waals surface area contributed by atoms with E-state index in [1.807, 2.05) is 6.07 Å². The third-order valence-electron chi connectivity index (χ3n) is 2.25. The number of ketones is 1. The van der Waals surface area contributed by atoms with Gasteiger partial charge in [0.15, 0.2) is 5.78 Å². The molecule has 0 aliphatic carbocycles. The molecule has 0 spiro atoms. The van der Waals surface area contributed by atoms with Crippen LogP contribution in [0.1, 0.15) is 18.1 Å². The van der Waals surface area contributed by atoms with E-state index >= 15 is 0 Å². The highest BCUT2D eigenvalue weighted by Crippen LogP contribution is 2.11. The first-order valence-corrected chi connectivity index (χ1v) is 5.01. The second-order valence-corrected chi connectivity index (χ2v) is 3.73. The van der Waals surface area contributed by atoms with Crippen LogP contribution in [0, 0.1) is 22.6 Å². The monoisotopic (exact) mass is 269 g/mol. The molecule has 0 fully saturated rings. The van der Waals surface area contributed by atoms with Gasteiger partial charge in [0.1, 0.15) is 5.82 Å². The molecule has 6 heteroatoms. The summed E-state index contributed by atoms with van der Waals surface area (Å²) in [5.74, 6) is -1.06. The van der Waals surface area contributed by atoms with Crippen molar-refractivity contribution in [2.45, 2.75) is 19.4 Å². The highest BCUT2D eigenvalue weighted by Gasteiger charge is 2.16. The second-order valence-electron chi connectivity index (χ2n) is 3.73. The summed E-state index contributed by atoms with van der Waals surface area (Å²) >= 11 is 0. The molecule has 0 heterocycles. The highest BCUT2D eigenvalue weighted by molar-refractivity contribution is 6.40. The Kier molecular flexibility index (Phi) is 6.17. The number of carbonyl (C=O) groups is 1. The Labute approximate surface area is 111 Å². The molecule has 1 atom stereocenters. The van der Waals surface area contributed by atoms with Crippen molar-refractivity contribution in [3.63, 3.8) is 0 Å². The van der Waals surface area contributed by atoms with E-state index in [0.29, 0.717) is 5.56 Å². The minimum Gasteiger partial charge on any atom is -0.321 e. The van der Waals surface area contributed by atoms with Gasteiger partial charge in [-0.25, -0.2) is 4.39 Å². The molecule has 0 aromatic heterocycles. The Hall–Kier alpha value is -1.77. The summed E-state index contributed by atoms with van der Waals surface area (Å²) in [6, 6.07) is 4.92. The van der Waals surface area contributed by atoms with Gasteiger partial charge >= 0.3 is 0 Å². The Morgan fingerprint density at radius 3 is 2.72 bits per heavy atom. The van der Waals surface area contributed by atoms with Crippen LogP contribution in [-0.2, 0) is 11.2 Å². The molecule has 96 valence electrons. The molecule has 0 saturated heterocycles. The average molecular weight is 270 g/mol. The molecular formula is C12H13ClFN3O. The minimum atomic E-state index is -0.773. The molecule has 0 amide bonds. The zero-order valence-electron chi connectivity index (χ0n) is 9.74. The van der Waals surface area contributed by atoms with E-state index in [9.17, 15) is 9.18 Å². The summed E-state index contributed by atoms with van der Waals surface area (Å²) in [7, 11) is 0. The topological polar surface area (TPSA) is 90.7 Å². The van der Waals surface area contributed by atoms with Gasteiger partial charge in [-0.05, 0) is 30.7 Å². The lowest BCUT2D eigenvalue weighted by Crippen LogP contribution is -2.33. The molecule has 3 N–H and O–H groups in total. The van der Waals surface area contributed by atoms with Gasteiger partial charge in [-0.15, -0.1) is 12.4 Å². The lowest BCUT2D eigenvalue weighted by Gasteiger charge is -2.07. The summed E-state index contributed by atoms with van der Waals surface area (Å²) < 4.78 is 13.4. The fourth-order valence-electron chi connectivity index (χ4n) is 1.33. The van der Waals surface area contributed by atoms with E-state index in [0.717, 1.165) is 6.07 Å². The van der Waals surface area contributed by atoms with Crippen LogP contribution in [0.2, 0.25) is 0 Å². The van der Waals surface area contributed by atoms with E-state index in [-0.39, 0.29) is 30.1 Å². The molecule has 0 radical (unpaired) electrons. The molecule has 0 aliphatic rings. The Morgan fingerprint density at radius 1 is 1.61 bits per heavy atom. The molecule has 0 unspecified atom stereocenters. The fourth-order valence-corrected chi connectivity index (χ4v) is 1.33. The Balaban J connectivity index is 0.00000289. The number of nitriles is 1. The predicted molar refractivity (Wildman–Crippen MR) is 68.5 cm³/mol. The first-order chi connectivity index (χ1) is 7.95. The number of nitrogens with zero attached hydrogens (tertiary/aromatic N) is 1. The smallest absolute Gasteiger partial charge is 0.192 e. The third kappa shape index (κ3) is 3.91. The van der Waals surface area contributed by atoms with Crippen molar-refractivity contribution in [3.05, 3.63) is 35.1 Å². The normalized spacial score (nSPS) is 11.0. The van der Waals surface area contributed by atoms with Crippen molar-refractivity contribution < 1.29 is 9.18 Å². The maximum Gasteiger partial charge on any atom is 0.192 e. The maximum absolute atomic E-state index is 13.4. The molecule has 4 nitrogen and oxygen atoms in total. The lowest BCUT2D eigenvalue weighted by atomic mass is 10.0. The van der Waals surface area contributed by atoms with Gasteiger partial charge in [-0.2, -0.15) is 5.26 Å². The zero-order valence-corrected chi connectivity index (χ0v) is 10.6. The van der Waals surface area contributed by atoms with Gasteiger partial charge in [0.25, 0.3) is 0 Å². The van der Waals surface area contributed by atoms with E-state index in [1.165, 1.54) is 19.1 Å². The van der Waals surface area contributed by atoms with Crippen molar-refractivity contribution in [2.24, 2.45) is 5.73 Å². The molecule has 1 aromatic rings. The van der Waals surface area contributed by atoms with Crippen LogP contribution >= 0.6 is 12.4 Å². The molecular weight excluding hydrogens is 257 g/mol. The number of rotatable bonds is 4. The number of Topliss-reactive ketones (excluding diaryl/α,β-unsaturated/α-hetero) is 1. The molecule has 0 aliphatic heterocycles. The van der Waals surface area contributed by atoms with Crippen LogP contribution in [-0.4, -0.2) is 17.5 Å². The first-order valence-electron chi connectivity index (χ1n) is 5.01. The molecule has 0 saturated carbocycles. The number of nitrogens with two attached hydrogens (primary N) is 1. The van der Waals surface area contributed by atoms with Crippen molar-refractivity contribution >= 4 is 23.9 Å². The highest BCUT2D eigenvalue weighted by atomic mass is 35.5. The largest absolute Gasteiger partial charge is 0.321 e. The average Bonchev–Trinajstić information content (AvgIpc) is 2.30. The second kappa shape index (κ2) is 6.84. The lowest BCUT2D eigenvalue weighted by molar-refractivity contribution is -0.113. The number of halogens is 2. The van der Waals surface area contributed by atoms with Gasteiger partial charge in [0, 0.05) is 6.42 Å². The van der Waals surface area contributed by atoms with Gasteiger partial charge in [0.2, 0.25) is 0 Å². The van der Waals surface area contributed by atoms with Gasteiger partial charge in [0.05, 0.1) is 23.4 Å². The van der Waals surface area contributed by atoms with Crippen molar-refractivity contribution in [2.75, 3.05) is 0 Å². The quantitative estimate of drug-likeness (QED) is 0.814. The minimum absolute atomic E-state index is 0. The van der Waals surface area contributed by atoms with Crippen LogP contribution < -0.4 is 5.73 Å². The van der Waals surface area contributed by atoms with Gasteiger partial charge in [-0.1, -0.05) is 0 Å². The van der Waals surface area contributed by atoms with Crippen molar-refractivity contribution in [1.29, 1.82) is 10.7 Å². The SMILES string of the molecule is C[C@H](N)C(=O)C(=N)Cc1cc(C#N)ccc1F.Cl. The van der Waals surface area contributed by atoms with Crippen LogP contribution in [0.15, 0.2) is 18.2 Å². The zero-order chi connectivity index (χ0) is 13.0. The summed E-state index contributed by atoms with van der Waals surface area (Å²) in [4.78, 5) is 11.4. The standard InChI is InChI=1S/C12H12FN3O.ClH/c1-7(15)12(17)11(16)5-9-4-8(6-14)2-3-10(9)13;/h2-4,7,16H,5,15H2,1H3;1H/t7-;/m0./s1. The van der Waals surface area contributed by atoms with Crippen LogP contribution in [0.25, 0.3) is 0 Å². The van der Waals surface area contributed by atoms with E-state index < -0.39 is 17.6 Å². The number of hydrogen-bond acceptors (Lipinski definition) is 4. The number of hydrogen-bond donors (Lipinski definition) is 2. The number of nitrogens with one attached hydrogen (secondary N) is 1. The summed E-state index contributed by atoms with van der Waals surface area (Å²) in [5, 5.41) is 16.2. The van der Waals surface area contributed by atoms with Crippen molar-refractivity contribution in [3.8, 4) is 6.07 Å². The molecule has 1 rings (SSSR count). The van der Waals surface area contributed by atoms with Gasteiger partial charge in [-0.3, -0.25) is 4.79 Å². The van der Waals surface area contributed by atoms with E-state index in [4.69, 9.17) is 16.4 Å². The molecule has 1 aromatic carbocycles. The van der Waals surface area contributed by atoms with Crippen molar-refractivity contribution in [1.82, 2.24) is 0 Å². The summed E-state index contributed by atoms with van der Waals surface area (Å²) in [6.45, 7) is 1.47. The van der Waals surface area contributed by atoms with E-state index in [1.54, 1.807) is 0 Å². The summed E-state index contributed by atoms with van der Waals surface area (Å²) in [6.07, 6.45) is -0.151. The van der Waals surface area contributed by atoms with Crippen LogP contribution in [0.3, 0.4) is 0 Å². The third-order valence-corrected chi connectivity index (χ3v) is 2.25. The molecule has 0 bridgehead atoms.